The first kappa shape index (κ1) is 22.9. The van der Waals surface area contributed by atoms with Gasteiger partial charge in [-0.05, 0) is 37.3 Å². The summed E-state index contributed by atoms with van der Waals surface area (Å²) in [7, 11) is 1.85. The van der Waals surface area contributed by atoms with Crippen molar-refractivity contribution in [2.45, 2.75) is 38.6 Å². The van der Waals surface area contributed by atoms with E-state index in [1.54, 1.807) is 12.4 Å². The summed E-state index contributed by atoms with van der Waals surface area (Å²) in [6.07, 6.45) is 2.79. The van der Waals surface area contributed by atoms with Crippen LogP contribution in [0.5, 0.6) is 0 Å². The molecule has 2 aromatic heterocycles. The molecule has 5 heterocycles. The highest BCUT2D eigenvalue weighted by molar-refractivity contribution is 5.75. The monoisotopic (exact) mass is 492 g/mol. The first-order valence-electron chi connectivity index (χ1n) is 12.4. The van der Waals surface area contributed by atoms with Crippen molar-refractivity contribution in [1.82, 2.24) is 19.9 Å². The van der Waals surface area contributed by atoms with Gasteiger partial charge < -0.3 is 20.4 Å². The van der Waals surface area contributed by atoms with Crippen molar-refractivity contribution in [2.24, 2.45) is 11.8 Å². The molecule has 0 radical (unpaired) electrons. The predicted molar refractivity (Wildman–Crippen MR) is 136 cm³/mol. The van der Waals surface area contributed by atoms with Crippen molar-refractivity contribution in [3.63, 3.8) is 0 Å². The number of hydrogen-bond acceptors (Lipinski definition) is 8. The lowest BCUT2D eigenvalue weighted by Gasteiger charge is -2.54. The molecule has 188 valence electrons. The minimum atomic E-state index is -0.870. The van der Waals surface area contributed by atoms with Crippen molar-refractivity contribution in [2.75, 3.05) is 47.1 Å². The number of rotatable bonds is 5. The number of aryl methyl sites for hydroxylation is 1. The van der Waals surface area contributed by atoms with E-state index in [1.165, 1.54) is 6.07 Å². The van der Waals surface area contributed by atoms with E-state index in [2.05, 4.69) is 39.3 Å². The zero-order chi connectivity index (χ0) is 25.2. The number of aromatic nitrogens is 4. The van der Waals surface area contributed by atoms with Crippen LogP contribution in [0.1, 0.15) is 31.5 Å². The SMILES string of the molecule is CNc1nc(NC2C3CC2CN(c2cc(C)ncn2)C3)nc2c1C(C)(C)CN2c1ccc(F)c(F)c1. The minimum absolute atomic E-state index is 0.276. The Kier molecular flexibility index (Phi) is 5.24. The van der Waals surface area contributed by atoms with Crippen LogP contribution >= 0.6 is 0 Å². The van der Waals surface area contributed by atoms with E-state index in [0.29, 0.717) is 30.0 Å². The summed E-state index contributed by atoms with van der Waals surface area (Å²) in [5.41, 5.74) is 2.23. The van der Waals surface area contributed by atoms with Crippen molar-refractivity contribution in [1.29, 1.82) is 0 Å². The van der Waals surface area contributed by atoms with Crippen molar-refractivity contribution < 1.29 is 8.78 Å². The molecule has 2 N–H and O–H groups in total. The number of anilines is 5. The molecule has 36 heavy (non-hydrogen) atoms. The van der Waals surface area contributed by atoms with E-state index in [4.69, 9.17) is 9.97 Å². The molecule has 0 amide bonds. The molecule has 8 nitrogen and oxygen atoms in total. The van der Waals surface area contributed by atoms with Gasteiger partial charge in [0.25, 0.3) is 0 Å². The first-order valence-corrected chi connectivity index (χ1v) is 12.4. The van der Waals surface area contributed by atoms with Gasteiger partial charge in [-0.1, -0.05) is 13.8 Å². The van der Waals surface area contributed by atoms with E-state index < -0.39 is 11.6 Å². The molecule has 4 aliphatic rings. The quantitative estimate of drug-likeness (QED) is 0.547. The number of nitrogens with one attached hydrogen (secondary N) is 2. The number of halogens is 2. The molecule has 10 heteroatoms. The van der Waals surface area contributed by atoms with Crippen LogP contribution in [-0.4, -0.2) is 52.7 Å². The van der Waals surface area contributed by atoms with E-state index in [0.717, 1.165) is 54.3 Å². The average molecular weight is 493 g/mol. The van der Waals surface area contributed by atoms with E-state index in [9.17, 15) is 8.78 Å². The van der Waals surface area contributed by atoms with Gasteiger partial charge in [-0.15, -0.1) is 0 Å². The topological polar surface area (TPSA) is 82.1 Å². The molecule has 7 rings (SSSR count). The highest BCUT2D eigenvalue weighted by atomic mass is 19.2. The second-order valence-corrected chi connectivity index (χ2v) is 10.8. The molecule has 3 aliphatic heterocycles. The summed E-state index contributed by atoms with van der Waals surface area (Å²) in [5.74, 6) is 2.20. The van der Waals surface area contributed by atoms with Gasteiger partial charge >= 0.3 is 0 Å². The van der Waals surface area contributed by atoms with Gasteiger partial charge in [-0.3, -0.25) is 0 Å². The van der Waals surface area contributed by atoms with Crippen LogP contribution in [0.3, 0.4) is 0 Å². The molecule has 0 spiro atoms. The van der Waals surface area contributed by atoms with Crippen LogP contribution in [0, 0.1) is 30.4 Å². The van der Waals surface area contributed by atoms with Crippen LogP contribution < -0.4 is 20.4 Å². The third kappa shape index (κ3) is 3.70. The molecule has 2 saturated heterocycles. The van der Waals surface area contributed by atoms with E-state index >= 15 is 0 Å². The maximum absolute atomic E-state index is 14.1. The molecular formula is C26H30F2N8. The second-order valence-electron chi connectivity index (χ2n) is 10.8. The molecule has 2 atom stereocenters. The van der Waals surface area contributed by atoms with Gasteiger partial charge in [0.2, 0.25) is 5.95 Å². The second kappa shape index (κ2) is 8.25. The summed E-state index contributed by atoms with van der Waals surface area (Å²) in [6.45, 7) is 8.63. The van der Waals surface area contributed by atoms with Crippen LogP contribution in [0.4, 0.5) is 37.9 Å². The highest BCUT2D eigenvalue weighted by Gasteiger charge is 2.48. The summed E-state index contributed by atoms with van der Waals surface area (Å²) in [5, 5.41) is 6.84. The molecule has 2 bridgehead atoms. The Morgan fingerprint density at radius 2 is 1.81 bits per heavy atom. The predicted octanol–water partition coefficient (Wildman–Crippen LogP) is 4.26. The van der Waals surface area contributed by atoms with Crippen molar-refractivity contribution >= 4 is 29.1 Å². The maximum Gasteiger partial charge on any atom is 0.226 e. The summed E-state index contributed by atoms with van der Waals surface area (Å²) >= 11 is 0. The number of nitrogens with zero attached hydrogens (tertiary/aromatic N) is 6. The van der Waals surface area contributed by atoms with Crippen LogP contribution in [-0.2, 0) is 5.41 Å². The van der Waals surface area contributed by atoms with Gasteiger partial charge in [0.05, 0.1) is 0 Å². The smallest absolute Gasteiger partial charge is 0.226 e. The van der Waals surface area contributed by atoms with E-state index in [1.807, 2.05) is 24.9 Å². The lowest BCUT2D eigenvalue weighted by molar-refractivity contribution is 0.129. The van der Waals surface area contributed by atoms with Crippen molar-refractivity contribution in [3.05, 3.63) is 53.5 Å². The van der Waals surface area contributed by atoms with Crippen LogP contribution in [0.25, 0.3) is 0 Å². The minimum Gasteiger partial charge on any atom is -0.373 e. The Hall–Kier alpha value is -3.56. The number of hydrogen-bond donors (Lipinski definition) is 2. The lowest BCUT2D eigenvalue weighted by Crippen LogP contribution is -2.61. The first-order chi connectivity index (χ1) is 17.2. The zero-order valence-electron chi connectivity index (χ0n) is 20.9. The fourth-order valence-corrected chi connectivity index (χ4v) is 6.00. The normalized spacial score (nSPS) is 23.8. The fraction of sp³-hybridized carbons (Fsp3) is 0.462. The van der Waals surface area contributed by atoms with Gasteiger partial charge in [0.15, 0.2) is 11.6 Å². The van der Waals surface area contributed by atoms with Gasteiger partial charge in [0.1, 0.15) is 23.8 Å². The van der Waals surface area contributed by atoms with Gasteiger partial charge in [-0.25, -0.2) is 18.7 Å². The Balaban J connectivity index is 1.28. The standard InChI is InChI=1S/C26H30F2N8/c1-14-7-20(31-13-30-14)35-10-15-8-16(11-35)22(15)32-25-33-23(29-4)21-24(34-25)36(12-26(21,2)3)17-5-6-18(27)19(28)9-17/h5-7,9,13,15-16,22H,8,10-12H2,1-4H3,(H2,29,32,33,34). The average Bonchev–Trinajstić information content (AvgIpc) is 3.14. The fourth-order valence-electron chi connectivity index (χ4n) is 6.00. The van der Waals surface area contributed by atoms with E-state index in [-0.39, 0.29) is 11.5 Å². The molecule has 2 unspecified atom stereocenters. The Bertz CT molecular complexity index is 1320. The van der Waals surface area contributed by atoms with Gasteiger partial charge in [-0.2, -0.15) is 9.97 Å². The molecule has 3 aromatic rings. The largest absolute Gasteiger partial charge is 0.373 e. The maximum atomic E-state index is 14.1. The zero-order valence-corrected chi connectivity index (χ0v) is 20.9. The Labute approximate surface area is 209 Å². The molecule has 3 fully saturated rings. The summed E-state index contributed by atoms with van der Waals surface area (Å²) in [6, 6.07) is 6.30. The Morgan fingerprint density at radius 1 is 1.03 bits per heavy atom. The number of benzene rings is 1. The lowest BCUT2D eigenvalue weighted by atomic mass is 9.66. The highest BCUT2D eigenvalue weighted by Crippen LogP contribution is 2.48. The van der Waals surface area contributed by atoms with Gasteiger partial charge in [0, 0.05) is 67.2 Å². The molecule has 1 aliphatic carbocycles. The third-order valence-corrected chi connectivity index (χ3v) is 7.77. The number of fused-ring (bicyclic) bond motifs is 3. The molecule has 1 aromatic carbocycles. The number of piperidine rings is 2. The Morgan fingerprint density at radius 3 is 2.50 bits per heavy atom. The molecule has 1 saturated carbocycles. The molecular weight excluding hydrogens is 462 g/mol. The van der Waals surface area contributed by atoms with Crippen LogP contribution in [0.15, 0.2) is 30.6 Å². The summed E-state index contributed by atoms with van der Waals surface area (Å²) < 4.78 is 27.7. The third-order valence-electron chi connectivity index (χ3n) is 7.77. The van der Waals surface area contributed by atoms with Crippen molar-refractivity contribution in [3.8, 4) is 0 Å². The summed E-state index contributed by atoms with van der Waals surface area (Å²) in [4.78, 5) is 22.7. The van der Waals surface area contributed by atoms with Crippen LogP contribution in [0.2, 0.25) is 0 Å².